The van der Waals surface area contributed by atoms with E-state index in [9.17, 15) is 18.0 Å². The van der Waals surface area contributed by atoms with Gasteiger partial charge >= 0.3 is 0 Å². The van der Waals surface area contributed by atoms with Crippen LogP contribution in [0.4, 0.5) is 5.69 Å². The summed E-state index contributed by atoms with van der Waals surface area (Å²) in [5, 5.41) is 0.352. The SMILES string of the molecule is CN(C)C(=O)C(=O)c1c[nH]c2ccc(S(=O)(=O)Nc3ccc(Oc4ccccc4)cc3)cc12. The molecule has 4 aromatic rings. The van der Waals surface area contributed by atoms with Crippen molar-refractivity contribution in [2.75, 3.05) is 18.8 Å². The van der Waals surface area contributed by atoms with Crippen molar-refractivity contribution in [3.05, 3.63) is 84.6 Å². The van der Waals surface area contributed by atoms with Gasteiger partial charge in [0.25, 0.3) is 21.7 Å². The van der Waals surface area contributed by atoms with E-state index in [-0.39, 0.29) is 10.5 Å². The number of para-hydroxylation sites is 1. The van der Waals surface area contributed by atoms with Gasteiger partial charge in [-0.1, -0.05) is 18.2 Å². The molecule has 0 radical (unpaired) electrons. The van der Waals surface area contributed by atoms with Gasteiger partial charge in [-0.3, -0.25) is 14.3 Å². The molecule has 0 spiro atoms. The second kappa shape index (κ2) is 8.79. The Hall–Kier alpha value is -4.11. The number of ketones is 1. The highest BCUT2D eigenvalue weighted by atomic mass is 32.2. The van der Waals surface area contributed by atoms with Gasteiger partial charge in [-0.15, -0.1) is 0 Å². The van der Waals surface area contributed by atoms with Crippen LogP contribution in [0.5, 0.6) is 11.5 Å². The van der Waals surface area contributed by atoms with E-state index in [1.54, 1.807) is 30.3 Å². The monoisotopic (exact) mass is 463 g/mol. The number of benzene rings is 3. The van der Waals surface area contributed by atoms with Crippen molar-refractivity contribution in [2.45, 2.75) is 4.90 Å². The number of ether oxygens (including phenoxy) is 1. The summed E-state index contributed by atoms with van der Waals surface area (Å²) in [5.41, 5.74) is 1.01. The summed E-state index contributed by atoms with van der Waals surface area (Å²) >= 11 is 0. The normalized spacial score (nSPS) is 11.2. The highest BCUT2D eigenvalue weighted by Crippen LogP contribution is 2.26. The molecule has 0 saturated carbocycles. The second-order valence-corrected chi connectivity index (χ2v) is 9.17. The predicted octanol–water partition coefficient (Wildman–Crippen LogP) is 4.03. The van der Waals surface area contributed by atoms with Crippen LogP contribution in [0.2, 0.25) is 0 Å². The highest BCUT2D eigenvalue weighted by molar-refractivity contribution is 7.92. The molecule has 33 heavy (non-hydrogen) atoms. The molecule has 9 heteroatoms. The quantitative estimate of drug-likeness (QED) is 0.318. The van der Waals surface area contributed by atoms with Gasteiger partial charge in [0.1, 0.15) is 11.5 Å². The lowest BCUT2D eigenvalue weighted by Gasteiger charge is -2.11. The van der Waals surface area contributed by atoms with Crippen LogP contribution in [-0.2, 0) is 14.8 Å². The van der Waals surface area contributed by atoms with Gasteiger partial charge in [0.2, 0.25) is 0 Å². The summed E-state index contributed by atoms with van der Waals surface area (Å²) in [6.07, 6.45) is 1.41. The van der Waals surface area contributed by atoms with E-state index in [0.717, 1.165) is 0 Å². The third kappa shape index (κ3) is 4.73. The summed E-state index contributed by atoms with van der Waals surface area (Å²) in [7, 11) is -0.990. The van der Waals surface area contributed by atoms with Crippen molar-refractivity contribution < 1.29 is 22.7 Å². The fourth-order valence-electron chi connectivity index (χ4n) is 3.20. The number of hydrogen-bond donors (Lipinski definition) is 2. The van der Waals surface area contributed by atoms with Crippen molar-refractivity contribution in [2.24, 2.45) is 0 Å². The number of hydrogen-bond acceptors (Lipinski definition) is 5. The minimum absolute atomic E-state index is 0.0365. The minimum Gasteiger partial charge on any atom is -0.457 e. The van der Waals surface area contributed by atoms with E-state index >= 15 is 0 Å². The van der Waals surface area contributed by atoms with Crippen LogP contribution in [0.1, 0.15) is 10.4 Å². The molecule has 0 unspecified atom stereocenters. The van der Waals surface area contributed by atoms with Crippen LogP contribution in [0.15, 0.2) is 83.9 Å². The molecule has 2 N–H and O–H groups in total. The number of fused-ring (bicyclic) bond motifs is 1. The van der Waals surface area contributed by atoms with Gasteiger partial charge in [-0.2, -0.15) is 0 Å². The highest BCUT2D eigenvalue weighted by Gasteiger charge is 2.23. The zero-order valence-corrected chi connectivity index (χ0v) is 18.7. The molecule has 0 bridgehead atoms. The number of aromatic nitrogens is 1. The number of carbonyl (C=O) groups is 2. The fraction of sp³-hybridized carbons (Fsp3) is 0.0833. The van der Waals surface area contributed by atoms with Crippen LogP contribution in [0.25, 0.3) is 10.9 Å². The number of Topliss-reactive ketones (excluding diaryl/α,β-unsaturated/α-hetero) is 1. The van der Waals surface area contributed by atoms with Gasteiger partial charge in [-0.25, -0.2) is 8.42 Å². The topological polar surface area (TPSA) is 109 Å². The Morgan fingerprint density at radius 2 is 1.58 bits per heavy atom. The number of amides is 1. The van der Waals surface area contributed by atoms with Crippen molar-refractivity contribution >= 4 is 38.3 Å². The predicted molar refractivity (Wildman–Crippen MR) is 125 cm³/mol. The average molecular weight is 464 g/mol. The maximum atomic E-state index is 13.0. The van der Waals surface area contributed by atoms with Gasteiger partial charge in [0.05, 0.1) is 10.5 Å². The van der Waals surface area contributed by atoms with Gasteiger partial charge in [0, 0.05) is 36.9 Å². The number of likely N-dealkylation sites (N-methyl/N-ethyl adjacent to an activating group) is 1. The first-order valence-corrected chi connectivity index (χ1v) is 11.5. The zero-order valence-electron chi connectivity index (χ0n) is 17.9. The first kappa shape index (κ1) is 22.1. The van der Waals surface area contributed by atoms with Gasteiger partial charge < -0.3 is 14.6 Å². The zero-order chi connectivity index (χ0) is 23.6. The Morgan fingerprint density at radius 3 is 2.24 bits per heavy atom. The van der Waals surface area contributed by atoms with E-state index in [1.807, 2.05) is 30.3 Å². The molecule has 4 rings (SSSR count). The molecule has 0 atom stereocenters. The number of nitrogens with zero attached hydrogens (tertiary/aromatic N) is 1. The van der Waals surface area contributed by atoms with Crippen molar-refractivity contribution in [1.29, 1.82) is 0 Å². The second-order valence-electron chi connectivity index (χ2n) is 7.48. The first-order valence-electron chi connectivity index (χ1n) is 9.97. The number of rotatable bonds is 7. The molecule has 0 aliphatic carbocycles. The number of H-pyrrole nitrogens is 1. The lowest BCUT2D eigenvalue weighted by molar-refractivity contribution is -0.124. The lowest BCUT2D eigenvalue weighted by Crippen LogP contribution is -2.29. The van der Waals surface area contributed by atoms with Crippen molar-refractivity contribution in [3.8, 4) is 11.5 Å². The Balaban J connectivity index is 1.57. The number of nitrogens with one attached hydrogen (secondary N) is 2. The number of carbonyl (C=O) groups excluding carboxylic acids is 2. The standard InChI is InChI=1S/C24H21N3O5S/c1-27(2)24(29)23(28)21-15-25-22-13-12-19(14-20(21)22)33(30,31)26-16-8-10-18(11-9-16)32-17-6-4-3-5-7-17/h3-15,25-26H,1-2H3. The molecular formula is C24H21N3O5S. The van der Waals surface area contributed by atoms with Crippen LogP contribution >= 0.6 is 0 Å². The Kier molecular flexibility index (Phi) is 5.89. The molecule has 0 saturated heterocycles. The third-order valence-electron chi connectivity index (χ3n) is 4.89. The molecule has 1 amide bonds. The molecule has 3 aromatic carbocycles. The molecular weight excluding hydrogens is 442 g/mol. The molecule has 168 valence electrons. The molecule has 0 aliphatic rings. The smallest absolute Gasteiger partial charge is 0.294 e. The summed E-state index contributed by atoms with van der Waals surface area (Å²) < 4.78 is 34.1. The number of sulfonamides is 1. The summed E-state index contributed by atoms with van der Waals surface area (Å²) in [4.78, 5) is 28.6. The van der Waals surface area contributed by atoms with E-state index in [0.29, 0.717) is 28.1 Å². The first-order chi connectivity index (χ1) is 15.7. The molecule has 8 nitrogen and oxygen atoms in total. The summed E-state index contributed by atoms with van der Waals surface area (Å²) in [5.74, 6) is -0.182. The maximum Gasteiger partial charge on any atom is 0.294 e. The maximum absolute atomic E-state index is 13.0. The number of aromatic amines is 1. The Labute approximate surface area is 190 Å². The molecule has 0 fully saturated rings. The Morgan fingerprint density at radius 1 is 0.909 bits per heavy atom. The van der Waals surface area contributed by atoms with Crippen LogP contribution < -0.4 is 9.46 Å². The van der Waals surface area contributed by atoms with Crippen LogP contribution in [0.3, 0.4) is 0 Å². The molecule has 1 heterocycles. The summed E-state index contributed by atoms with van der Waals surface area (Å²) in [6.45, 7) is 0. The van der Waals surface area contributed by atoms with Gasteiger partial charge in [0.15, 0.2) is 0 Å². The molecule has 0 aliphatic heterocycles. The number of anilines is 1. The third-order valence-corrected chi connectivity index (χ3v) is 6.27. The van der Waals surface area contributed by atoms with Gasteiger partial charge in [-0.05, 0) is 54.6 Å². The summed E-state index contributed by atoms with van der Waals surface area (Å²) in [6, 6.07) is 20.1. The Bertz CT molecular complexity index is 1430. The largest absolute Gasteiger partial charge is 0.457 e. The van der Waals surface area contributed by atoms with E-state index in [1.165, 1.54) is 37.3 Å². The molecule has 1 aromatic heterocycles. The minimum atomic E-state index is -3.94. The van der Waals surface area contributed by atoms with Crippen molar-refractivity contribution in [1.82, 2.24) is 9.88 Å². The van der Waals surface area contributed by atoms with Crippen LogP contribution in [-0.4, -0.2) is 44.1 Å². The van der Waals surface area contributed by atoms with E-state index in [4.69, 9.17) is 4.74 Å². The fourth-order valence-corrected chi connectivity index (χ4v) is 4.29. The van der Waals surface area contributed by atoms with E-state index in [2.05, 4.69) is 9.71 Å². The average Bonchev–Trinajstić information content (AvgIpc) is 3.23. The lowest BCUT2D eigenvalue weighted by atomic mass is 10.1. The van der Waals surface area contributed by atoms with Crippen molar-refractivity contribution in [3.63, 3.8) is 0 Å². The van der Waals surface area contributed by atoms with Crippen LogP contribution in [0, 0.1) is 0 Å². The van der Waals surface area contributed by atoms with E-state index < -0.39 is 21.7 Å².